The molecule has 2 saturated heterocycles. The third-order valence-electron chi connectivity index (χ3n) is 7.69. The highest BCUT2D eigenvalue weighted by molar-refractivity contribution is 5.93. The van der Waals surface area contributed by atoms with E-state index in [1.165, 1.54) is 22.4 Å². The molecular formula is C26H33F3N6O2. The molecule has 4 heterocycles. The van der Waals surface area contributed by atoms with Crippen LogP contribution in [0.1, 0.15) is 40.9 Å². The maximum absolute atomic E-state index is 13.2. The first-order valence-corrected chi connectivity index (χ1v) is 12.9. The van der Waals surface area contributed by atoms with Gasteiger partial charge in [-0.05, 0) is 36.8 Å². The van der Waals surface area contributed by atoms with Gasteiger partial charge >= 0.3 is 6.18 Å². The van der Waals surface area contributed by atoms with Crippen LogP contribution in [0.5, 0.6) is 0 Å². The fourth-order valence-electron chi connectivity index (χ4n) is 5.74. The second kappa shape index (κ2) is 10.9. The summed E-state index contributed by atoms with van der Waals surface area (Å²) >= 11 is 0. The van der Waals surface area contributed by atoms with E-state index in [0.29, 0.717) is 44.7 Å². The number of rotatable bonds is 5. The number of hydrogen-bond donors (Lipinski definition) is 2. The maximum Gasteiger partial charge on any atom is 0.401 e. The summed E-state index contributed by atoms with van der Waals surface area (Å²) in [5.41, 5.74) is 2.90. The van der Waals surface area contributed by atoms with Crippen molar-refractivity contribution in [3.8, 4) is 0 Å². The lowest BCUT2D eigenvalue weighted by Gasteiger charge is -2.43. The van der Waals surface area contributed by atoms with Crippen LogP contribution in [-0.2, 0) is 13.0 Å². The second-order valence-corrected chi connectivity index (χ2v) is 10.3. The minimum absolute atomic E-state index is 0.00301. The number of nitrogens with one attached hydrogen (secondary N) is 1. The number of carbonyl (C=O) groups excluding carboxylic acids is 1. The molecule has 5 rings (SSSR count). The van der Waals surface area contributed by atoms with Gasteiger partial charge in [0.25, 0.3) is 5.91 Å². The number of hydrogen-bond acceptors (Lipinski definition) is 7. The molecule has 11 heteroatoms. The lowest BCUT2D eigenvalue weighted by atomic mass is 9.94. The zero-order valence-corrected chi connectivity index (χ0v) is 20.7. The largest absolute Gasteiger partial charge is 0.401 e. The third-order valence-corrected chi connectivity index (χ3v) is 7.69. The Balaban J connectivity index is 1.14. The normalized spacial score (nSPS) is 24.1. The number of halogens is 3. The monoisotopic (exact) mass is 518 g/mol. The average molecular weight is 519 g/mol. The molecule has 1 aromatic carbocycles. The molecule has 1 amide bonds. The summed E-state index contributed by atoms with van der Waals surface area (Å²) in [5.74, 6) is 0.224. The van der Waals surface area contributed by atoms with Gasteiger partial charge in [-0.1, -0.05) is 24.3 Å². The number of alkyl halides is 3. The smallest absolute Gasteiger partial charge is 0.390 e. The van der Waals surface area contributed by atoms with E-state index >= 15 is 0 Å². The molecular weight excluding hydrogens is 485 g/mol. The van der Waals surface area contributed by atoms with Crippen molar-refractivity contribution < 1.29 is 23.1 Å². The van der Waals surface area contributed by atoms with Gasteiger partial charge in [-0.25, -0.2) is 9.97 Å². The van der Waals surface area contributed by atoms with Crippen molar-refractivity contribution in [3.05, 3.63) is 53.5 Å². The number of aromatic nitrogens is 2. The van der Waals surface area contributed by atoms with Crippen LogP contribution in [0.25, 0.3) is 0 Å². The van der Waals surface area contributed by atoms with Crippen molar-refractivity contribution in [1.29, 1.82) is 0 Å². The van der Waals surface area contributed by atoms with Crippen LogP contribution in [0, 0.1) is 0 Å². The van der Waals surface area contributed by atoms with E-state index in [4.69, 9.17) is 0 Å². The average Bonchev–Trinajstić information content (AvgIpc) is 2.88. The predicted octanol–water partition coefficient (Wildman–Crippen LogP) is 2.55. The zero-order valence-electron chi connectivity index (χ0n) is 20.7. The number of amides is 1. The van der Waals surface area contributed by atoms with E-state index in [1.54, 1.807) is 11.0 Å². The molecule has 37 heavy (non-hydrogen) atoms. The summed E-state index contributed by atoms with van der Waals surface area (Å²) in [4.78, 5) is 26.9. The molecule has 0 bridgehead atoms. The lowest BCUT2D eigenvalue weighted by molar-refractivity contribution is -0.147. The summed E-state index contributed by atoms with van der Waals surface area (Å²) in [5, 5.41) is 14.2. The van der Waals surface area contributed by atoms with Gasteiger partial charge in [-0.3, -0.25) is 14.6 Å². The Labute approximate surface area is 214 Å². The standard InChI is InChI=1S/C26H33F3N6O2/c27-26(28,29)16-33-9-6-20(7-10-33)32-24-13-21(30-17-31-24)25(37)35-12-8-22(23(36)15-35)34-11-5-18-3-1-2-4-19(18)14-34/h1-4,13,17,20,22-23,36H,5-12,14-16H2,(H,30,31,32). The van der Waals surface area contributed by atoms with Crippen molar-refractivity contribution in [2.45, 2.75) is 56.6 Å². The maximum atomic E-state index is 13.2. The fourth-order valence-corrected chi connectivity index (χ4v) is 5.74. The first kappa shape index (κ1) is 25.9. The van der Waals surface area contributed by atoms with Gasteiger partial charge in [0.15, 0.2) is 0 Å². The van der Waals surface area contributed by atoms with E-state index < -0.39 is 18.8 Å². The van der Waals surface area contributed by atoms with E-state index in [2.05, 4.69) is 38.4 Å². The molecule has 2 aromatic rings. The summed E-state index contributed by atoms with van der Waals surface area (Å²) in [6.07, 6.45) is -0.758. The first-order valence-electron chi connectivity index (χ1n) is 12.9. The molecule has 3 aliphatic rings. The Morgan fingerprint density at radius 2 is 1.81 bits per heavy atom. The van der Waals surface area contributed by atoms with Crippen LogP contribution in [0.3, 0.4) is 0 Å². The first-order chi connectivity index (χ1) is 17.7. The van der Waals surface area contributed by atoms with E-state index in [-0.39, 0.29) is 30.2 Å². The van der Waals surface area contributed by atoms with E-state index in [0.717, 1.165) is 19.5 Å². The fraction of sp³-hybridized carbons (Fsp3) is 0.577. The Kier molecular flexibility index (Phi) is 7.64. The topological polar surface area (TPSA) is 84.8 Å². The summed E-state index contributed by atoms with van der Waals surface area (Å²) in [6.45, 7) is 2.28. The predicted molar refractivity (Wildman–Crippen MR) is 132 cm³/mol. The molecule has 2 unspecified atom stereocenters. The molecule has 1 aromatic heterocycles. The van der Waals surface area contributed by atoms with Crippen LogP contribution < -0.4 is 5.32 Å². The number of carbonyl (C=O) groups is 1. The quantitative estimate of drug-likeness (QED) is 0.630. The Hall–Kier alpha value is -2.76. The zero-order chi connectivity index (χ0) is 26.0. The van der Waals surface area contributed by atoms with E-state index in [9.17, 15) is 23.1 Å². The highest BCUT2D eigenvalue weighted by Crippen LogP contribution is 2.26. The second-order valence-electron chi connectivity index (χ2n) is 10.3. The minimum atomic E-state index is -4.19. The van der Waals surface area contributed by atoms with Gasteiger partial charge in [-0.2, -0.15) is 13.2 Å². The molecule has 8 nitrogen and oxygen atoms in total. The molecule has 0 spiro atoms. The van der Waals surface area contributed by atoms with Gasteiger partial charge in [0.2, 0.25) is 0 Å². The van der Waals surface area contributed by atoms with Gasteiger partial charge in [0.05, 0.1) is 12.6 Å². The number of anilines is 1. The molecule has 3 aliphatic heterocycles. The number of benzene rings is 1. The van der Waals surface area contributed by atoms with Crippen LogP contribution >= 0.6 is 0 Å². The number of β-amino-alcohol motifs (C(OH)–C–C–N with tert-alkyl or cyclic N) is 1. The van der Waals surface area contributed by atoms with Crippen molar-refractivity contribution in [1.82, 2.24) is 24.7 Å². The molecule has 0 radical (unpaired) electrons. The molecule has 0 saturated carbocycles. The number of aliphatic hydroxyl groups excluding tert-OH is 1. The summed E-state index contributed by atoms with van der Waals surface area (Å²) in [7, 11) is 0. The highest BCUT2D eigenvalue weighted by Gasteiger charge is 2.36. The number of likely N-dealkylation sites (tertiary alicyclic amines) is 2. The van der Waals surface area contributed by atoms with Gasteiger partial charge < -0.3 is 15.3 Å². The van der Waals surface area contributed by atoms with Crippen molar-refractivity contribution in [3.63, 3.8) is 0 Å². The van der Waals surface area contributed by atoms with Crippen LogP contribution in [0.2, 0.25) is 0 Å². The van der Waals surface area contributed by atoms with Gasteiger partial charge in [0.1, 0.15) is 17.8 Å². The van der Waals surface area contributed by atoms with Gasteiger partial charge in [0, 0.05) is 57.4 Å². The minimum Gasteiger partial charge on any atom is -0.390 e. The Morgan fingerprint density at radius 1 is 1.05 bits per heavy atom. The van der Waals surface area contributed by atoms with Crippen LogP contribution in [0.4, 0.5) is 19.0 Å². The SMILES string of the molecule is O=C(c1cc(NC2CCN(CC(F)(F)F)CC2)ncn1)N1CCC(N2CCc3ccccc3C2)C(O)C1. The number of piperidine rings is 2. The number of fused-ring (bicyclic) bond motifs is 1. The molecule has 2 atom stereocenters. The molecule has 2 fully saturated rings. The molecule has 0 aliphatic carbocycles. The van der Waals surface area contributed by atoms with Crippen molar-refractivity contribution in [2.24, 2.45) is 0 Å². The molecule has 2 N–H and O–H groups in total. The number of nitrogens with zero attached hydrogens (tertiary/aromatic N) is 5. The lowest BCUT2D eigenvalue weighted by Crippen LogP contribution is -2.56. The summed E-state index contributed by atoms with van der Waals surface area (Å²) in [6, 6.07) is 9.97. The molecule has 200 valence electrons. The third kappa shape index (κ3) is 6.39. The van der Waals surface area contributed by atoms with Crippen LogP contribution in [-0.4, -0.2) is 99.3 Å². The van der Waals surface area contributed by atoms with Crippen molar-refractivity contribution in [2.75, 3.05) is 44.6 Å². The van der Waals surface area contributed by atoms with Crippen molar-refractivity contribution >= 4 is 11.7 Å². The summed E-state index contributed by atoms with van der Waals surface area (Å²) < 4.78 is 37.9. The highest BCUT2D eigenvalue weighted by atomic mass is 19.4. The number of aliphatic hydroxyl groups is 1. The van der Waals surface area contributed by atoms with E-state index in [1.807, 2.05) is 6.07 Å². The van der Waals surface area contributed by atoms with Crippen LogP contribution in [0.15, 0.2) is 36.7 Å². The Bertz CT molecular complexity index is 1090. The van der Waals surface area contributed by atoms with Gasteiger partial charge in [-0.15, -0.1) is 0 Å². The Morgan fingerprint density at radius 3 is 2.54 bits per heavy atom.